The second-order valence-electron chi connectivity index (χ2n) is 4.35. The molecule has 0 N–H and O–H groups in total. The number of furan rings is 1. The van der Waals surface area contributed by atoms with E-state index in [2.05, 4.69) is 0 Å². The Bertz CT molecular complexity index is 584. The van der Waals surface area contributed by atoms with Crippen molar-refractivity contribution in [1.82, 2.24) is 0 Å². The number of allylic oxidation sites excluding steroid dienone is 1. The maximum atomic E-state index is 11.9. The van der Waals surface area contributed by atoms with Crippen molar-refractivity contribution in [3.63, 3.8) is 0 Å². The summed E-state index contributed by atoms with van der Waals surface area (Å²) in [5, 5.41) is 0. The highest BCUT2D eigenvalue weighted by Crippen LogP contribution is 2.16. The Kier molecular flexibility index (Phi) is 5.64. The number of rotatable bonds is 7. The van der Waals surface area contributed by atoms with Gasteiger partial charge in [0.15, 0.2) is 0 Å². The fraction of sp³-hybridized carbons (Fsp3) is 0.235. The van der Waals surface area contributed by atoms with Crippen molar-refractivity contribution in [3.05, 3.63) is 66.1 Å². The summed E-state index contributed by atoms with van der Waals surface area (Å²) in [4.78, 5) is 11.9. The SMILES string of the molecule is CC/C=C/COC(=O)c1occc1COc1ccccc1. The van der Waals surface area contributed by atoms with Gasteiger partial charge in [-0.1, -0.05) is 37.3 Å². The normalized spacial score (nSPS) is 10.7. The van der Waals surface area contributed by atoms with Gasteiger partial charge in [-0.15, -0.1) is 0 Å². The maximum absolute atomic E-state index is 11.9. The van der Waals surface area contributed by atoms with E-state index >= 15 is 0 Å². The number of ether oxygens (including phenoxy) is 2. The van der Waals surface area contributed by atoms with Crippen molar-refractivity contribution < 1.29 is 18.7 Å². The number of hydrogen-bond donors (Lipinski definition) is 0. The van der Waals surface area contributed by atoms with Gasteiger partial charge in [0.25, 0.3) is 0 Å². The molecule has 21 heavy (non-hydrogen) atoms. The van der Waals surface area contributed by atoms with Crippen LogP contribution in [-0.4, -0.2) is 12.6 Å². The zero-order chi connectivity index (χ0) is 14.9. The minimum Gasteiger partial charge on any atom is -0.489 e. The van der Waals surface area contributed by atoms with Crippen molar-refractivity contribution >= 4 is 5.97 Å². The van der Waals surface area contributed by atoms with Crippen LogP contribution in [0.25, 0.3) is 0 Å². The molecule has 0 aliphatic carbocycles. The molecule has 0 atom stereocenters. The van der Waals surface area contributed by atoms with E-state index in [0.717, 1.165) is 12.2 Å². The molecule has 0 saturated carbocycles. The van der Waals surface area contributed by atoms with Crippen LogP contribution in [0.1, 0.15) is 29.5 Å². The second-order valence-corrected chi connectivity index (χ2v) is 4.35. The zero-order valence-corrected chi connectivity index (χ0v) is 12.0. The first-order valence-electron chi connectivity index (χ1n) is 6.87. The molecule has 110 valence electrons. The Morgan fingerprint density at radius 1 is 1.19 bits per heavy atom. The number of para-hydroxylation sites is 1. The summed E-state index contributed by atoms with van der Waals surface area (Å²) in [5.41, 5.74) is 0.670. The third kappa shape index (κ3) is 4.53. The third-order valence-corrected chi connectivity index (χ3v) is 2.78. The van der Waals surface area contributed by atoms with E-state index < -0.39 is 5.97 Å². The van der Waals surface area contributed by atoms with Gasteiger partial charge in [0, 0.05) is 5.56 Å². The lowest BCUT2D eigenvalue weighted by molar-refractivity contribution is 0.0509. The van der Waals surface area contributed by atoms with Gasteiger partial charge in [-0.3, -0.25) is 0 Å². The zero-order valence-electron chi connectivity index (χ0n) is 12.0. The highest BCUT2D eigenvalue weighted by molar-refractivity contribution is 5.88. The molecule has 0 aliphatic rings. The summed E-state index contributed by atoms with van der Waals surface area (Å²) in [6, 6.07) is 11.1. The van der Waals surface area contributed by atoms with E-state index in [0.29, 0.717) is 5.56 Å². The molecule has 1 aromatic heterocycles. The summed E-state index contributed by atoms with van der Waals surface area (Å²) < 4.78 is 15.9. The molecule has 0 spiro atoms. The van der Waals surface area contributed by atoms with Gasteiger partial charge < -0.3 is 13.9 Å². The van der Waals surface area contributed by atoms with Gasteiger partial charge in [-0.05, 0) is 24.6 Å². The lowest BCUT2D eigenvalue weighted by Crippen LogP contribution is -2.08. The van der Waals surface area contributed by atoms with E-state index in [9.17, 15) is 4.79 Å². The minimum atomic E-state index is -0.479. The molecular formula is C17H18O4. The van der Waals surface area contributed by atoms with Gasteiger partial charge in [-0.25, -0.2) is 4.79 Å². The summed E-state index contributed by atoms with van der Waals surface area (Å²) in [6.45, 7) is 2.52. The Morgan fingerprint density at radius 3 is 2.76 bits per heavy atom. The molecule has 0 radical (unpaired) electrons. The molecule has 0 amide bonds. The van der Waals surface area contributed by atoms with Gasteiger partial charge in [0.2, 0.25) is 5.76 Å². The van der Waals surface area contributed by atoms with Crippen LogP contribution in [-0.2, 0) is 11.3 Å². The number of hydrogen-bond acceptors (Lipinski definition) is 4. The molecule has 4 nitrogen and oxygen atoms in total. The predicted molar refractivity (Wildman–Crippen MR) is 79.2 cm³/mol. The summed E-state index contributed by atoms with van der Waals surface area (Å²) in [5.74, 6) is 0.451. The molecule has 0 fully saturated rings. The van der Waals surface area contributed by atoms with Crippen molar-refractivity contribution in [2.24, 2.45) is 0 Å². The second kappa shape index (κ2) is 7.94. The minimum absolute atomic E-state index is 0.191. The van der Waals surface area contributed by atoms with Gasteiger partial charge in [-0.2, -0.15) is 0 Å². The van der Waals surface area contributed by atoms with Crippen LogP contribution in [0.15, 0.2) is 59.2 Å². The molecule has 0 unspecified atom stereocenters. The molecule has 1 aromatic carbocycles. The number of carbonyl (C=O) groups excluding carboxylic acids is 1. The standard InChI is InChI=1S/C17H18O4/c1-2-3-7-11-20-17(18)16-14(10-12-19-16)13-21-15-8-5-4-6-9-15/h3-10,12H,2,11,13H2,1H3/b7-3+. The van der Waals surface area contributed by atoms with Crippen molar-refractivity contribution in [3.8, 4) is 5.75 Å². The highest BCUT2D eigenvalue weighted by Gasteiger charge is 2.16. The van der Waals surface area contributed by atoms with Crippen LogP contribution < -0.4 is 4.74 Å². The van der Waals surface area contributed by atoms with Gasteiger partial charge in [0.1, 0.15) is 19.0 Å². The van der Waals surface area contributed by atoms with Crippen LogP contribution in [0.2, 0.25) is 0 Å². The lowest BCUT2D eigenvalue weighted by Gasteiger charge is -2.06. The van der Waals surface area contributed by atoms with Crippen molar-refractivity contribution in [1.29, 1.82) is 0 Å². The first-order valence-corrected chi connectivity index (χ1v) is 6.87. The van der Waals surface area contributed by atoms with E-state index in [-0.39, 0.29) is 19.0 Å². The summed E-state index contributed by atoms with van der Waals surface area (Å²) in [7, 11) is 0. The van der Waals surface area contributed by atoms with E-state index in [1.165, 1.54) is 6.26 Å². The third-order valence-electron chi connectivity index (χ3n) is 2.78. The highest BCUT2D eigenvalue weighted by atomic mass is 16.5. The number of esters is 1. The first kappa shape index (κ1) is 14.9. The predicted octanol–water partition coefficient (Wildman–Crippen LogP) is 3.98. The molecule has 1 heterocycles. The van der Waals surface area contributed by atoms with Crippen LogP contribution in [0, 0.1) is 0 Å². The van der Waals surface area contributed by atoms with E-state index in [4.69, 9.17) is 13.9 Å². The Morgan fingerprint density at radius 2 is 2.00 bits per heavy atom. The Balaban J connectivity index is 1.92. The molecule has 4 heteroatoms. The topological polar surface area (TPSA) is 48.7 Å². The van der Waals surface area contributed by atoms with E-state index in [1.807, 2.05) is 43.3 Å². The molecule has 0 bridgehead atoms. The van der Waals surface area contributed by atoms with Crippen LogP contribution >= 0.6 is 0 Å². The fourth-order valence-corrected chi connectivity index (χ4v) is 1.73. The fourth-order valence-electron chi connectivity index (χ4n) is 1.73. The summed E-state index contributed by atoms with van der Waals surface area (Å²) >= 11 is 0. The summed E-state index contributed by atoms with van der Waals surface area (Å²) in [6.07, 6.45) is 6.12. The monoisotopic (exact) mass is 286 g/mol. The molecular weight excluding hydrogens is 268 g/mol. The quantitative estimate of drug-likeness (QED) is 0.570. The average molecular weight is 286 g/mol. The molecule has 2 rings (SSSR count). The molecule has 2 aromatic rings. The van der Waals surface area contributed by atoms with E-state index in [1.54, 1.807) is 12.1 Å². The van der Waals surface area contributed by atoms with Crippen molar-refractivity contribution in [2.45, 2.75) is 20.0 Å². The van der Waals surface area contributed by atoms with Gasteiger partial charge in [0.05, 0.1) is 6.26 Å². The smallest absolute Gasteiger partial charge is 0.374 e. The molecule has 0 aliphatic heterocycles. The Hall–Kier alpha value is -2.49. The van der Waals surface area contributed by atoms with Crippen LogP contribution in [0.5, 0.6) is 5.75 Å². The first-order chi connectivity index (χ1) is 10.3. The average Bonchev–Trinajstić information content (AvgIpc) is 2.99. The van der Waals surface area contributed by atoms with Crippen LogP contribution in [0.3, 0.4) is 0 Å². The number of benzene rings is 1. The number of carbonyl (C=O) groups is 1. The maximum Gasteiger partial charge on any atom is 0.374 e. The van der Waals surface area contributed by atoms with Gasteiger partial charge >= 0.3 is 5.97 Å². The van der Waals surface area contributed by atoms with Crippen molar-refractivity contribution in [2.75, 3.05) is 6.61 Å². The largest absolute Gasteiger partial charge is 0.489 e. The lowest BCUT2D eigenvalue weighted by atomic mass is 10.2. The van der Waals surface area contributed by atoms with Crippen LogP contribution in [0.4, 0.5) is 0 Å². The Labute approximate surface area is 124 Å². The molecule has 0 saturated heterocycles.